The molecular weight excluding hydrogens is 205 g/mol. The number of rotatable bonds is 2. The van der Waals surface area contributed by atoms with E-state index >= 15 is 0 Å². The Morgan fingerprint density at radius 2 is 2.14 bits per heavy atom. The Hall–Kier alpha value is -1.09. The molecule has 1 amide bonds. The summed E-state index contributed by atoms with van der Waals surface area (Å²) < 4.78 is 13.2. The number of carbonyl (C=O) groups excluding carboxylic acids is 1. The van der Waals surface area contributed by atoms with Gasteiger partial charge in [0, 0.05) is 24.7 Å². The van der Waals surface area contributed by atoms with Crippen LogP contribution in [0.4, 0.5) is 4.39 Å². The van der Waals surface area contributed by atoms with Gasteiger partial charge < -0.3 is 4.90 Å². The van der Waals surface area contributed by atoms with Crippen molar-refractivity contribution in [3.8, 4) is 0 Å². The van der Waals surface area contributed by atoms with Crippen LogP contribution in [0.15, 0.2) is 18.2 Å². The predicted molar refractivity (Wildman–Crippen MR) is 53.8 cm³/mol. The molecule has 1 aromatic carbocycles. The molecule has 4 heteroatoms. The Labute approximate surface area is 87.3 Å². The molecule has 0 N–H and O–H groups in total. The van der Waals surface area contributed by atoms with Gasteiger partial charge in [-0.15, -0.1) is 0 Å². The first-order valence-electron chi connectivity index (χ1n) is 4.15. The highest BCUT2D eigenvalue weighted by atomic mass is 35.5. The highest BCUT2D eigenvalue weighted by molar-refractivity contribution is 6.31. The Morgan fingerprint density at radius 3 is 2.64 bits per heavy atom. The molecule has 0 aliphatic heterocycles. The van der Waals surface area contributed by atoms with Crippen LogP contribution in [0, 0.1) is 5.82 Å². The van der Waals surface area contributed by atoms with Gasteiger partial charge in [-0.1, -0.05) is 17.7 Å². The van der Waals surface area contributed by atoms with Crippen LogP contribution in [0.2, 0.25) is 5.02 Å². The normalized spacial score (nSPS) is 10.0. The Kier molecular flexibility index (Phi) is 3.47. The van der Waals surface area contributed by atoms with E-state index in [-0.39, 0.29) is 17.9 Å². The number of nitrogens with zero attached hydrogens (tertiary/aromatic N) is 1. The maximum absolute atomic E-state index is 13.2. The third-order valence-corrected chi connectivity index (χ3v) is 2.24. The number of benzene rings is 1. The van der Waals surface area contributed by atoms with Crippen molar-refractivity contribution >= 4 is 17.5 Å². The maximum atomic E-state index is 13.2. The van der Waals surface area contributed by atoms with E-state index in [1.54, 1.807) is 20.2 Å². The Morgan fingerprint density at radius 1 is 1.50 bits per heavy atom. The minimum atomic E-state index is -0.437. The summed E-state index contributed by atoms with van der Waals surface area (Å²) in [4.78, 5) is 12.7. The van der Waals surface area contributed by atoms with E-state index in [9.17, 15) is 9.18 Å². The summed E-state index contributed by atoms with van der Waals surface area (Å²) in [6.45, 7) is 0. The van der Waals surface area contributed by atoms with Gasteiger partial charge in [0.25, 0.3) is 0 Å². The fraction of sp³-hybridized carbons (Fsp3) is 0.300. The molecule has 1 rings (SSSR count). The van der Waals surface area contributed by atoms with Crippen LogP contribution in [0.25, 0.3) is 0 Å². The summed E-state index contributed by atoms with van der Waals surface area (Å²) in [5.74, 6) is -0.607. The lowest BCUT2D eigenvalue weighted by Gasteiger charge is -2.11. The van der Waals surface area contributed by atoms with E-state index in [1.165, 1.54) is 17.0 Å². The van der Waals surface area contributed by atoms with Gasteiger partial charge in [0.15, 0.2) is 0 Å². The van der Waals surface area contributed by atoms with Crippen LogP contribution in [0.5, 0.6) is 0 Å². The van der Waals surface area contributed by atoms with Gasteiger partial charge in [-0.3, -0.25) is 4.79 Å². The average Bonchev–Trinajstić information content (AvgIpc) is 2.11. The van der Waals surface area contributed by atoms with Gasteiger partial charge in [-0.2, -0.15) is 0 Å². The topological polar surface area (TPSA) is 20.3 Å². The summed E-state index contributed by atoms with van der Waals surface area (Å²) >= 11 is 5.77. The van der Waals surface area contributed by atoms with Gasteiger partial charge >= 0.3 is 0 Å². The first-order chi connectivity index (χ1) is 6.52. The van der Waals surface area contributed by atoms with Gasteiger partial charge in [-0.25, -0.2) is 4.39 Å². The van der Waals surface area contributed by atoms with E-state index < -0.39 is 5.82 Å². The average molecular weight is 216 g/mol. The number of hydrogen-bond acceptors (Lipinski definition) is 1. The van der Waals surface area contributed by atoms with Crippen molar-refractivity contribution in [3.05, 3.63) is 34.6 Å². The third kappa shape index (κ3) is 2.45. The van der Waals surface area contributed by atoms with Gasteiger partial charge in [-0.05, 0) is 12.1 Å². The SMILES string of the molecule is CN(C)C(=O)Cc1c(F)cccc1Cl. The van der Waals surface area contributed by atoms with Gasteiger partial charge in [0.1, 0.15) is 5.82 Å². The first-order valence-corrected chi connectivity index (χ1v) is 4.53. The van der Waals surface area contributed by atoms with E-state index in [4.69, 9.17) is 11.6 Å². The monoisotopic (exact) mass is 215 g/mol. The van der Waals surface area contributed by atoms with Gasteiger partial charge in [0.05, 0.1) is 6.42 Å². The molecular formula is C10H11ClFNO. The van der Waals surface area contributed by atoms with Crippen LogP contribution in [0.1, 0.15) is 5.56 Å². The summed E-state index contributed by atoms with van der Waals surface area (Å²) in [7, 11) is 3.24. The van der Waals surface area contributed by atoms with Crippen LogP contribution < -0.4 is 0 Å². The highest BCUT2D eigenvalue weighted by Crippen LogP contribution is 2.19. The molecule has 0 unspecified atom stereocenters. The van der Waals surface area contributed by atoms with E-state index in [0.717, 1.165) is 0 Å². The highest BCUT2D eigenvalue weighted by Gasteiger charge is 2.12. The predicted octanol–water partition coefficient (Wildman–Crippen LogP) is 2.11. The molecule has 0 saturated heterocycles. The molecule has 0 radical (unpaired) electrons. The molecule has 0 aliphatic carbocycles. The molecule has 14 heavy (non-hydrogen) atoms. The molecule has 0 spiro atoms. The molecule has 0 aliphatic rings. The molecule has 76 valence electrons. The van der Waals surface area contributed by atoms with Crippen molar-refractivity contribution in [2.45, 2.75) is 6.42 Å². The van der Waals surface area contributed by atoms with E-state index in [2.05, 4.69) is 0 Å². The Balaban J connectivity index is 2.91. The number of carbonyl (C=O) groups is 1. The van der Waals surface area contributed by atoms with Crippen LogP contribution in [-0.4, -0.2) is 24.9 Å². The second-order valence-corrected chi connectivity index (χ2v) is 3.57. The number of hydrogen-bond donors (Lipinski definition) is 0. The molecule has 2 nitrogen and oxygen atoms in total. The zero-order valence-corrected chi connectivity index (χ0v) is 8.81. The molecule has 0 bridgehead atoms. The smallest absolute Gasteiger partial charge is 0.226 e. The summed E-state index contributed by atoms with van der Waals surface area (Å²) in [5, 5.41) is 0.292. The maximum Gasteiger partial charge on any atom is 0.226 e. The zero-order chi connectivity index (χ0) is 10.7. The number of amides is 1. The fourth-order valence-corrected chi connectivity index (χ4v) is 1.24. The van der Waals surface area contributed by atoms with Gasteiger partial charge in [0.2, 0.25) is 5.91 Å². The molecule has 1 aromatic rings. The first kappa shape index (κ1) is 11.0. The van der Waals surface area contributed by atoms with Crippen molar-refractivity contribution in [1.29, 1.82) is 0 Å². The lowest BCUT2D eigenvalue weighted by molar-refractivity contribution is -0.128. The van der Waals surface area contributed by atoms with Crippen molar-refractivity contribution < 1.29 is 9.18 Å². The molecule has 0 saturated carbocycles. The number of likely N-dealkylation sites (N-methyl/N-ethyl adjacent to an activating group) is 1. The minimum absolute atomic E-state index is 0.00148. The summed E-state index contributed by atoms with van der Waals surface area (Å²) in [6.07, 6.45) is -0.00148. The standard InChI is InChI=1S/C10H11ClFNO/c1-13(2)10(14)6-7-8(11)4-3-5-9(7)12/h3-5H,6H2,1-2H3. The van der Waals surface area contributed by atoms with Crippen molar-refractivity contribution in [2.75, 3.05) is 14.1 Å². The van der Waals surface area contributed by atoms with Crippen molar-refractivity contribution in [2.24, 2.45) is 0 Å². The molecule has 0 atom stereocenters. The van der Waals surface area contributed by atoms with Crippen molar-refractivity contribution in [3.63, 3.8) is 0 Å². The van der Waals surface area contributed by atoms with Crippen LogP contribution >= 0.6 is 11.6 Å². The van der Waals surface area contributed by atoms with Crippen molar-refractivity contribution in [1.82, 2.24) is 4.90 Å². The quantitative estimate of drug-likeness (QED) is 0.740. The summed E-state index contributed by atoms with van der Waals surface area (Å²) in [6, 6.07) is 4.38. The largest absolute Gasteiger partial charge is 0.349 e. The fourth-order valence-electron chi connectivity index (χ4n) is 1.01. The lowest BCUT2D eigenvalue weighted by Crippen LogP contribution is -2.24. The molecule has 0 fully saturated rings. The third-order valence-electron chi connectivity index (χ3n) is 1.89. The van der Waals surface area contributed by atoms with E-state index in [1.807, 2.05) is 0 Å². The molecule has 0 aromatic heterocycles. The minimum Gasteiger partial charge on any atom is -0.349 e. The summed E-state index contributed by atoms with van der Waals surface area (Å²) in [5.41, 5.74) is 0.257. The Bertz CT molecular complexity index is 332. The second kappa shape index (κ2) is 4.42. The lowest BCUT2D eigenvalue weighted by atomic mass is 10.1. The number of halogens is 2. The molecule has 0 heterocycles. The van der Waals surface area contributed by atoms with Crippen LogP contribution in [-0.2, 0) is 11.2 Å². The van der Waals surface area contributed by atoms with Crippen LogP contribution in [0.3, 0.4) is 0 Å². The second-order valence-electron chi connectivity index (χ2n) is 3.17. The zero-order valence-electron chi connectivity index (χ0n) is 8.05. The van der Waals surface area contributed by atoms with E-state index in [0.29, 0.717) is 5.02 Å².